The highest BCUT2D eigenvalue weighted by molar-refractivity contribution is 5.97. The number of rotatable bonds is 4. The van der Waals surface area contributed by atoms with Crippen LogP contribution in [-0.2, 0) is 0 Å². The van der Waals surface area contributed by atoms with Crippen molar-refractivity contribution in [2.24, 2.45) is 11.7 Å². The highest BCUT2D eigenvalue weighted by Gasteiger charge is 2.35. The summed E-state index contributed by atoms with van der Waals surface area (Å²) in [5.74, 6) is 0.564. The van der Waals surface area contributed by atoms with E-state index in [1.165, 1.54) is 12.8 Å². The third-order valence-corrected chi connectivity index (χ3v) is 3.94. The molecule has 0 bridgehead atoms. The van der Waals surface area contributed by atoms with Gasteiger partial charge in [-0.1, -0.05) is 0 Å². The second-order valence-electron chi connectivity index (χ2n) is 5.32. The van der Waals surface area contributed by atoms with Crippen molar-refractivity contribution in [3.63, 3.8) is 0 Å². The Morgan fingerprint density at radius 3 is 2.70 bits per heavy atom. The Kier molecular flexibility index (Phi) is 3.36. The fourth-order valence-corrected chi connectivity index (χ4v) is 2.60. The molecule has 1 unspecified atom stereocenters. The van der Waals surface area contributed by atoms with E-state index < -0.39 is 0 Å². The van der Waals surface area contributed by atoms with Crippen LogP contribution < -0.4 is 5.73 Å². The van der Waals surface area contributed by atoms with Gasteiger partial charge in [-0.25, -0.2) is 0 Å². The Balaban J connectivity index is 1.87. The summed E-state index contributed by atoms with van der Waals surface area (Å²) in [6.07, 6.45) is 5.62. The molecule has 1 atom stereocenters. The molecule has 1 aromatic carbocycles. The first-order chi connectivity index (χ1) is 9.70. The zero-order valence-corrected chi connectivity index (χ0v) is 11.5. The number of amides is 1. The molecule has 5 nitrogen and oxygen atoms in total. The number of carbonyl (C=O) groups is 1. The Morgan fingerprint density at radius 1 is 1.35 bits per heavy atom. The highest BCUT2D eigenvalue weighted by Crippen LogP contribution is 2.35. The van der Waals surface area contributed by atoms with Crippen LogP contribution in [0.3, 0.4) is 0 Å². The molecule has 0 radical (unpaired) electrons. The summed E-state index contributed by atoms with van der Waals surface area (Å²) in [5.41, 5.74) is 7.98. The number of nitrogens with two attached hydrogens (primary N) is 1. The van der Waals surface area contributed by atoms with E-state index in [9.17, 15) is 4.79 Å². The van der Waals surface area contributed by atoms with Gasteiger partial charge in [0.2, 0.25) is 0 Å². The Morgan fingerprint density at radius 2 is 2.05 bits per heavy atom. The normalized spacial score (nSPS) is 16.1. The van der Waals surface area contributed by atoms with Crippen molar-refractivity contribution in [3.8, 4) is 0 Å². The minimum atomic E-state index is -0.0000898. The lowest BCUT2D eigenvalue weighted by Crippen LogP contribution is -2.43. The maximum atomic E-state index is 12.5. The van der Waals surface area contributed by atoms with Crippen LogP contribution in [0.2, 0.25) is 0 Å². The van der Waals surface area contributed by atoms with Crippen molar-refractivity contribution >= 4 is 16.9 Å². The van der Waals surface area contributed by atoms with E-state index in [0.717, 1.165) is 11.0 Å². The highest BCUT2D eigenvalue weighted by atomic mass is 16.2. The summed E-state index contributed by atoms with van der Waals surface area (Å²) in [6, 6.07) is 5.57. The van der Waals surface area contributed by atoms with Gasteiger partial charge in [-0.2, -0.15) is 0 Å². The topological polar surface area (TPSA) is 72.1 Å². The van der Waals surface area contributed by atoms with E-state index in [1.807, 2.05) is 13.1 Å². The first-order valence-corrected chi connectivity index (χ1v) is 6.88. The lowest BCUT2D eigenvalue weighted by atomic mass is 10.1. The largest absolute Gasteiger partial charge is 0.337 e. The average molecular weight is 270 g/mol. The molecular weight excluding hydrogens is 252 g/mol. The molecule has 1 saturated carbocycles. The number of carbonyl (C=O) groups excluding carboxylic acids is 1. The van der Waals surface area contributed by atoms with Gasteiger partial charge in [-0.3, -0.25) is 14.8 Å². The van der Waals surface area contributed by atoms with Gasteiger partial charge in [0, 0.05) is 37.6 Å². The van der Waals surface area contributed by atoms with Crippen LogP contribution >= 0.6 is 0 Å². The zero-order chi connectivity index (χ0) is 14.1. The fourth-order valence-electron chi connectivity index (χ4n) is 2.60. The lowest BCUT2D eigenvalue weighted by Gasteiger charge is -2.27. The second kappa shape index (κ2) is 5.17. The summed E-state index contributed by atoms with van der Waals surface area (Å²) in [7, 11) is 1.83. The number of fused-ring (bicyclic) bond motifs is 1. The number of hydrogen-bond acceptors (Lipinski definition) is 4. The van der Waals surface area contributed by atoms with Crippen molar-refractivity contribution in [2.45, 2.75) is 18.9 Å². The third-order valence-electron chi connectivity index (χ3n) is 3.94. The number of nitrogens with zero attached hydrogens (tertiary/aromatic N) is 3. The van der Waals surface area contributed by atoms with Crippen LogP contribution in [0.5, 0.6) is 0 Å². The molecule has 3 rings (SSSR count). The molecule has 1 aliphatic rings. The van der Waals surface area contributed by atoms with Crippen LogP contribution in [-0.4, -0.2) is 40.4 Å². The van der Waals surface area contributed by atoms with Gasteiger partial charge in [-0.15, -0.1) is 0 Å². The minimum Gasteiger partial charge on any atom is -0.337 e. The Bertz CT molecular complexity index is 639. The average Bonchev–Trinajstić information content (AvgIpc) is 3.31. The molecule has 1 aromatic heterocycles. The van der Waals surface area contributed by atoms with Crippen molar-refractivity contribution in [3.05, 3.63) is 36.2 Å². The molecule has 5 heteroatoms. The molecule has 2 aromatic rings. The molecule has 104 valence electrons. The third kappa shape index (κ3) is 2.36. The summed E-state index contributed by atoms with van der Waals surface area (Å²) in [6.45, 7) is 0.514. The van der Waals surface area contributed by atoms with Crippen LogP contribution in [0.1, 0.15) is 23.2 Å². The van der Waals surface area contributed by atoms with Crippen LogP contribution in [0, 0.1) is 5.92 Å². The molecule has 1 aliphatic carbocycles. The maximum Gasteiger partial charge on any atom is 0.253 e. The SMILES string of the molecule is CN(C(=O)c1ccc2nccnc2c1)C(CN)C1CC1. The van der Waals surface area contributed by atoms with E-state index in [4.69, 9.17) is 5.73 Å². The maximum absolute atomic E-state index is 12.5. The monoisotopic (exact) mass is 270 g/mol. The molecule has 1 heterocycles. The predicted molar refractivity (Wildman–Crippen MR) is 77.2 cm³/mol. The second-order valence-corrected chi connectivity index (χ2v) is 5.32. The van der Waals surface area contributed by atoms with Crippen molar-refractivity contribution < 1.29 is 4.79 Å². The van der Waals surface area contributed by atoms with Crippen LogP contribution in [0.15, 0.2) is 30.6 Å². The van der Waals surface area contributed by atoms with Crippen LogP contribution in [0.25, 0.3) is 11.0 Å². The number of likely N-dealkylation sites (N-methyl/N-ethyl adjacent to an activating group) is 1. The van der Waals surface area contributed by atoms with E-state index in [1.54, 1.807) is 29.4 Å². The zero-order valence-electron chi connectivity index (χ0n) is 11.5. The van der Waals surface area contributed by atoms with Crippen LogP contribution in [0.4, 0.5) is 0 Å². The molecule has 0 aliphatic heterocycles. The number of hydrogen-bond donors (Lipinski definition) is 1. The van der Waals surface area contributed by atoms with Gasteiger partial charge in [-0.05, 0) is 37.0 Å². The van der Waals surface area contributed by atoms with E-state index in [2.05, 4.69) is 9.97 Å². The van der Waals surface area contributed by atoms with Gasteiger partial charge >= 0.3 is 0 Å². The smallest absolute Gasteiger partial charge is 0.253 e. The van der Waals surface area contributed by atoms with Gasteiger partial charge in [0.25, 0.3) is 5.91 Å². The minimum absolute atomic E-state index is 0.0000898. The predicted octanol–water partition coefficient (Wildman–Crippen LogP) is 1.44. The molecule has 0 spiro atoms. The molecule has 0 saturated heterocycles. The van der Waals surface area contributed by atoms with Crippen molar-refractivity contribution in [1.82, 2.24) is 14.9 Å². The standard InChI is InChI=1S/C15H18N4O/c1-19(14(9-16)10-2-3-10)15(20)11-4-5-12-13(8-11)18-7-6-17-12/h4-8,10,14H,2-3,9,16H2,1H3. The summed E-state index contributed by atoms with van der Waals surface area (Å²) >= 11 is 0. The number of aromatic nitrogens is 2. The fraction of sp³-hybridized carbons (Fsp3) is 0.400. The van der Waals surface area contributed by atoms with Gasteiger partial charge in [0.1, 0.15) is 0 Å². The summed E-state index contributed by atoms with van der Waals surface area (Å²) in [5, 5.41) is 0. The van der Waals surface area contributed by atoms with Crippen molar-refractivity contribution in [2.75, 3.05) is 13.6 Å². The van der Waals surface area contributed by atoms with E-state index in [0.29, 0.717) is 18.0 Å². The van der Waals surface area contributed by atoms with Gasteiger partial charge < -0.3 is 10.6 Å². The number of benzene rings is 1. The molecule has 2 N–H and O–H groups in total. The molecule has 1 amide bonds. The lowest BCUT2D eigenvalue weighted by molar-refractivity contribution is 0.0719. The quantitative estimate of drug-likeness (QED) is 0.912. The summed E-state index contributed by atoms with van der Waals surface area (Å²) < 4.78 is 0. The van der Waals surface area contributed by atoms with Gasteiger partial charge in [0.15, 0.2) is 0 Å². The first-order valence-electron chi connectivity index (χ1n) is 6.88. The summed E-state index contributed by atoms with van der Waals surface area (Å²) in [4.78, 5) is 22.8. The van der Waals surface area contributed by atoms with Gasteiger partial charge in [0.05, 0.1) is 11.0 Å². The molecular formula is C15H18N4O. The Hall–Kier alpha value is -2.01. The van der Waals surface area contributed by atoms with E-state index in [-0.39, 0.29) is 11.9 Å². The van der Waals surface area contributed by atoms with E-state index >= 15 is 0 Å². The van der Waals surface area contributed by atoms with Crippen molar-refractivity contribution in [1.29, 1.82) is 0 Å². The Labute approximate surface area is 117 Å². The molecule has 20 heavy (non-hydrogen) atoms. The first kappa shape index (κ1) is 13.0. The molecule has 1 fully saturated rings.